The molecule has 0 fully saturated rings. The molecule has 0 saturated heterocycles. The summed E-state index contributed by atoms with van der Waals surface area (Å²) in [6.45, 7) is 7.20. The Hall–Kier alpha value is -1.85. The van der Waals surface area contributed by atoms with E-state index in [4.69, 9.17) is 9.84 Å². The fraction of sp³-hybridized carbons (Fsp3) is 0.545. The van der Waals surface area contributed by atoms with Crippen LogP contribution in [0, 0.1) is 6.92 Å². The predicted molar refractivity (Wildman–Crippen MR) is 63.3 cm³/mol. The standard InChI is InChI=1S/C11H17N3O3/c1-5-17-9-6-8(12-7(2)13-9)14-11(3,4)10(15)16/h6H,5H2,1-4H3,(H,15,16)(H,12,13,14). The third-order valence-corrected chi connectivity index (χ3v) is 2.08. The highest BCUT2D eigenvalue weighted by atomic mass is 16.5. The number of hydrogen-bond donors (Lipinski definition) is 2. The highest BCUT2D eigenvalue weighted by Crippen LogP contribution is 2.17. The molecule has 1 aromatic heterocycles. The van der Waals surface area contributed by atoms with Crippen LogP contribution in [0.25, 0.3) is 0 Å². The third kappa shape index (κ3) is 3.58. The molecule has 0 saturated carbocycles. The molecule has 1 heterocycles. The van der Waals surface area contributed by atoms with Crippen LogP contribution in [0.2, 0.25) is 0 Å². The summed E-state index contributed by atoms with van der Waals surface area (Å²) < 4.78 is 5.26. The van der Waals surface area contributed by atoms with Gasteiger partial charge in [0.25, 0.3) is 0 Å². The minimum atomic E-state index is -1.09. The fourth-order valence-electron chi connectivity index (χ4n) is 1.20. The molecule has 0 spiro atoms. The molecule has 94 valence electrons. The van der Waals surface area contributed by atoms with Crippen molar-refractivity contribution in [3.8, 4) is 5.88 Å². The van der Waals surface area contributed by atoms with Crippen LogP contribution in [-0.2, 0) is 4.79 Å². The van der Waals surface area contributed by atoms with Crippen LogP contribution in [0.15, 0.2) is 6.07 Å². The minimum Gasteiger partial charge on any atom is -0.480 e. The Kier molecular flexibility index (Phi) is 3.88. The Morgan fingerprint density at radius 1 is 1.53 bits per heavy atom. The molecule has 0 bridgehead atoms. The van der Waals surface area contributed by atoms with E-state index < -0.39 is 11.5 Å². The summed E-state index contributed by atoms with van der Waals surface area (Å²) in [6.07, 6.45) is 0. The quantitative estimate of drug-likeness (QED) is 0.809. The first-order valence-corrected chi connectivity index (χ1v) is 5.35. The molecular weight excluding hydrogens is 222 g/mol. The van der Waals surface area contributed by atoms with Gasteiger partial charge in [-0.25, -0.2) is 9.78 Å². The van der Waals surface area contributed by atoms with E-state index in [9.17, 15) is 4.79 Å². The van der Waals surface area contributed by atoms with E-state index in [1.807, 2.05) is 6.92 Å². The van der Waals surface area contributed by atoms with Crippen molar-refractivity contribution in [2.45, 2.75) is 33.2 Å². The molecule has 2 N–H and O–H groups in total. The van der Waals surface area contributed by atoms with Crippen molar-refractivity contribution < 1.29 is 14.6 Å². The summed E-state index contributed by atoms with van der Waals surface area (Å²) in [5.41, 5.74) is -1.09. The maximum absolute atomic E-state index is 11.0. The Labute approximate surface area is 100 Å². The molecule has 1 aromatic rings. The zero-order chi connectivity index (χ0) is 13.1. The van der Waals surface area contributed by atoms with Gasteiger partial charge in [0.1, 0.15) is 17.2 Å². The van der Waals surface area contributed by atoms with Gasteiger partial charge in [0.15, 0.2) is 0 Å². The lowest BCUT2D eigenvalue weighted by Crippen LogP contribution is -2.40. The number of anilines is 1. The van der Waals surface area contributed by atoms with E-state index in [1.165, 1.54) is 0 Å². The zero-order valence-corrected chi connectivity index (χ0v) is 10.4. The van der Waals surface area contributed by atoms with Crippen molar-refractivity contribution in [1.82, 2.24) is 9.97 Å². The van der Waals surface area contributed by atoms with Crippen molar-refractivity contribution >= 4 is 11.8 Å². The molecule has 0 atom stereocenters. The SMILES string of the molecule is CCOc1cc(NC(C)(C)C(=O)O)nc(C)n1. The van der Waals surface area contributed by atoms with Crippen molar-refractivity contribution in [2.75, 3.05) is 11.9 Å². The van der Waals surface area contributed by atoms with Gasteiger partial charge in [-0.2, -0.15) is 4.98 Å². The molecule has 17 heavy (non-hydrogen) atoms. The van der Waals surface area contributed by atoms with E-state index in [1.54, 1.807) is 26.8 Å². The van der Waals surface area contributed by atoms with Gasteiger partial charge in [0, 0.05) is 6.07 Å². The highest BCUT2D eigenvalue weighted by Gasteiger charge is 2.27. The van der Waals surface area contributed by atoms with Crippen molar-refractivity contribution in [1.29, 1.82) is 0 Å². The van der Waals surface area contributed by atoms with Crippen LogP contribution in [0.4, 0.5) is 5.82 Å². The topological polar surface area (TPSA) is 84.3 Å². The Balaban J connectivity index is 2.95. The second-order valence-corrected chi connectivity index (χ2v) is 4.13. The van der Waals surface area contributed by atoms with Crippen LogP contribution >= 0.6 is 0 Å². The maximum Gasteiger partial charge on any atom is 0.328 e. The van der Waals surface area contributed by atoms with E-state index in [-0.39, 0.29) is 0 Å². The molecule has 0 aliphatic rings. The number of hydrogen-bond acceptors (Lipinski definition) is 5. The van der Waals surface area contributed by atoms with Gasteiger partial charge in [-0.1, -0.05) is 0 Å². The highest BCUT2D eigenvalue weighted by molar-refractivity contribution is 5.81. The molecule has 6 nitrogen and oxygen atoms in total. The van der Waals surface area contributed by atoms with Gasteiger partial charge in [-0.3, -0.25) is 0 Å². The van der Waals surface area contributed by atoms with Gasteiger partial charge in [0.05, 0.1) is 6.61 Å². The second-order valence-electron chi connectivity index (χ2n) is 4.13. The molecular formula is C11H17N3O3. The molecule has 0 aliphatic carbocycles. The Bertz CT molecular complexity index is 418. The number of carboxylic acids is 1. The first kappa shape index (κ1) is 13.2. The Morgan fingerprint density at radius 2 is 2.18 bits per heavy atom. The largest absolute Gasteiger partial charge is 0.480 e. The number of nitrogens with one attached hydrogen (secondary N) is 1. The van der Waals surface area contributed by atoms with E-state index in [0.29, 0.717) is 24.1 Å². The van der Waals surface area contributed by atoms with Crippen LogP contribution in [0.3, 0.4) is 0 Å². The number of rotatable bonds is 5. The second kappa shape index (κ2) is 4.99. The molecule has 0 aliphatic heterocycles. The van der Waals surface area contributed by atoms with Crippen LogP contribution in [0.5, 0.6) is 5.88 Å². The van der Waals surface area contributed by atoms with Gasteiger partial charge >= 0.3 is 5.97 Å². The number of nitrogens with zero attached hydrogens (tertiary/aromatic N) is 2. The number of carboxylic acid groups (broad SMARTS) is 1. The van der Waals surface area contributed by atoms with Gasteiger partial charge in [-0.05, 0) is 27.7 Å². The van der Waals surface area contributed by atoms with Crippen molar-refractivity contribution in [3.63, 3.8) is 0 Å². The van der Waals surface area contributed by atoms with Crippen LogP contribution < -0.4 is 10.1 Å². The fourth-order valence-corrected chi connectivity index (χ4v) is 1.20. The monoisotopic (exact) mass is 239 g/mol. The lowest BCUT2D eigenvalue weighted by atomic mass is 10.1. The summed E-state index contributed by atoms with van der Waals surface area (Å²) in [6, 6.07) is 1.58. The lowest BCUT2D eigenvalue weighted by molar-refractivity contribution is -0.141. The number of aryl methyl sites for hydroxylation is 1. The van der Waals surface area contributed by atoms with E-state index in [0.717, 1.165) is 0 Å². The summed E-state index contributed by atoms with van der Waals surface area (Å²) in [5, 5.41) is 11.8. The molecule has 0 aromatic carbocycles. The van der Waals surface area contributed by atoms with Crippen molar-refractivity contribution in [2.24, 2.45) is 0 Å². The molecule has 1 rings (SSSR count). The van der Waals surface area contributed by atoms with E-state index >= 15 is 0 Å². The van der Waals surface area contributed by atoms with Crippen LogP contribution in [0.1, 0.15) is 26.6 Å². The van der Waals surface area contributed by atoms with Crippen LogP contribution in [-0.4, -0.2) is 33.2 Å². The molecule has 0 unspecified atom stereocenters. The van der Waals surface area contributed by atoms with Gasteiger partial charge in [-0.15, -0.1) is 0 Å². The molecule has 6 heteroatoms. The summed E-state index contributed by atoms with van der Waals surface area (Å²) in [5.74, 6) is 0.448. The van der Waals surface area contributed by atoms with Gasteiger partial charge in [0.2, 0.25) is 5.88 Å². The smallest absolute Gasteiger partial charge is 0.328 e. The van der Waals surface area contributed by atoms with Crippen molar-refractivity contribution in [3.05, 3.63) is 11.9 Å². The number of carbonyl (C=O) groups is 1. The average Bonchev–Trinajstić information content (AvgIpc) is 2.15. The first-order chi connectivity index (χ1) is 7.85. The first-order valence-electron chi connectivity index (χ1n) is 5.35. The van der Waals surface area contributed by atoms with Gasteiger partial charge < -0.3 is 15.2 Å². The normalized spacial score (nSPS) is 11.1. The molecule has 0 amide bonds. The molecule has 0 radical (unpaired) electrons. The number of aliphatic carboxylic acids is 1. The summed E-state index contributed by atoms with van der Waals surface area (Å²) in [7, 11) is 0. The summed E-state index contributed by atoms with van der Waals surface area (Å²) in [4.78, 5) is 19.2. The van der Waals surface area contributed by atoms with E-state index in [2.05, 4.69) is 15.3 Å². The minimum absolute atomic E-state index is 0.434. The predicted octanol–water partition coefficient (Wildman–Crippen LogP) is 1.46. The average molecular weight is 239 g/mol. The lowest BCUT2D eigenvalue weighted by Gasteiger charge is -2.21. The third-order valence-electron chi connectivity index (χ3n) is 2.08. The Morgan fingerprint density at radius 3 is 2.71 bits per heavy atom. The summed E-state index contributed by atoms with van der Waals surface area (Å²) >= 11 is 0. The maximum atomic E-state index is 11.0. The zero-order valence-electron chi connectivity index (χ0n) is 10.4. The number of ether oxygens (including phenoxy) is 1. The number of aromatic nitrogens is 2.